The third kappa shape index (κ3) is 12.7. The quantitative estimate of drug-likeness (QED) is 0.139. The first kappa shape index (κ1) is 34.9. The van der Waals surface area contributed by atoms with Gasteiger partial charge in [-0.3, -0.25) is 24.7 Å². The van der Waals surface area contributed by atoms with Crippen LogP contribution in [0.1, 0.15) is 33.5 Å². The van der Waals surface area contributed by atoms with Gasteiger partial charge in [0.05, 0.1) is 12.7 Å². The van der Waals surface area contributed by atoms with Crippen LogP contribution in [0.4, 0.5) is 5.82 Å². The Labute approximate surface area is 283 Å². The third-order valence-corrected chi connectivity index (χ3v) is 8.39. The Kier molecular flexibility index (Phi) is 14.0. The lowest BCUT2D eigenvalue weighted by Crippen LogP contribution is -2.34. The van der Waals surface area contributed by atoms with Crippen molar-refractivity contribution in [2.75, 3.05) is 18.1 Å². The van der Waals surface area contributed by atoms with Crippen LogP contribution in [0.2, 0.25) is 0 Å². The smallest absolute Gasteiger partial charge is 0.266 e. The maximum atomic E-state index is 12.6. The summed E-state index contributed by atoms with van der Waals surface area (Å²) in [5.41, 5.74) is 3.55. The van der Waals surface area contributed by atoms with Gasteiger partial charge >= 0.3 is 0 Å². The first-order valence-corrected chi connectivity index (χ1v) is 16.8. The van der Waals surface area contributed by atoms with E-state index < -0.39 is 0 Å². The van der Waals surface area contributed by atoms with Crippen LogP contribution in [0.3, 0.4) is 0 Å². The number of hydrogen-bond acceptors (Lipinski definition) is 8. The molecule has 0 aliphatic heterocycles. The Hall–Kier alpha value is -5.00. The number of aryl methyl sites for hydroxylation is 4. The number of carbonyl (C=O) groups is 2. The number of carbonyl (C=O) groups excluding carboxylic acids is 2. The van der Waals surface area contributed by atoms with E-state index in [4.69, 9.17) is 9.47 Å². The second-order valence-electron chi connectivity index (χ2n) is 10.6. The summed E-state index contributed by atoms with van der Waals surface area (Å²) in [5.74, 6) is 2.01. The van der Waals surface area contributed by atoms with Crippen molar-refractivity contribution in [3.05, 3.63) is 135 Å². The van der Waals surface area contributed by atoms with Gasteiger partial charge in [-0.25, -0.2) is 0 Å². The zero-order chi connectivity index (χ0) is 33.3. The van der Waals surface area contributed by atoms with Crippen molar-refractivity contribution < 1.29 is 19.1 Å². The van der Waals surface area contributed by atoms with Gasteiger partial charge in [0.1, 0.15) is 23.9 Å². The summed E-state index contributed by atoms with van der Waals surface area (Å²) in [4.78, 5) is 27.3. The number of rotatable bonds is 12. The SMILES string of the molecule is CC(=O)COc1ccc(C)cc1.Cc1ccc(OCC(=O)N(Cc2cccs2)c2ccn[nH]2)cc1.c1csc(CCc2ccn[nH]2)c1. The number of anilines is 1. The average molecular weight is 670 g/mol. The Morgan fingerprint density at radius 3 is 1.79 bits per heavy atom. The molecule has 6 aromatic rings. The number of benzene rings is 2. The summed E-state index contributed by atoms with van der Waals surface area (Å²) in [6, 6.07) is 27.3. The molecule has 2 N–H and O–H groups in total. The Balaban J connectivity index is 0.000000176. The molecule has 0 unspecified atom stereocenters. The van der Waals surface area contributed by atoms with Crippen LogP contribution in [-0.4, -0.2) is 45.3 Å². The first-order valence-electron chi connectivity index (χ1n) is 15.1. The van der Waals surface area contributed by atoms with Gasteiger partial charge in [0.25, 0.3) is 5.91 Å². The van der Waals surface area contributed by atoms with Crippen LogP contribution in [0.15, 0.2) is 108 Å². The standard InChI is InChI=1S/C17H17N3O2S.C10H12O2.C9H10N2S/c1-13-4-6-14(7-5-13)22-12-17(21)20(16-8-9-18-19-16)11-15-3-2-10-23-15;1-8-3-5-10(6-4-8)12-7-9(2)11;1-2-9(12-7-1)4-3-8-5-6-10-11-8/h2-10H,11-12H2,1H3,(H,18,19);3-6H,7H2,1-2H3;1-2,5-7H,3-4H2,(H,10,11). The summed E-state index contributed by atoms with van der Waals surface area (Å²) < 4.78 is 10.8. The van der Waals surface area contributed by atoms with Gasteiger partial charge in [-0.05, 0) is 86.8 Å². The van der Waals surface area contributed by atoms with Crippen molar-refractivity contribution in [2.45, 2.75) is 40.2 Å². The van der Waals surface area contributed by atoms with E-state index in [1.807, 2.05) is 97.3 Å². The summed E-state index contributed by atoms with van der Waals surface area (Å²) in [6.45, 7) is 6.16. The van der Waals surface area contributed by atoms with Gasteiger partial charge in [-0.1, -0.05) is 47.5 Å². The van der Waals surface area contributed by atoms with E-state index in [1.54, 1.807) is 34.7 Å². The van der Waals surface area contributed by atoms with Crippen LogP contribution in [0, 0.1) is 13.8 Å². The fourth-order valence-corrected chi connectivity index (χ4v) is 5.48. The van der Waals surface area contributed by atoms with E-state index in [0.717, 1.165) is 29.0 Å². The number of ketones is 1. The average Bonchev–Trinajstić information content (AvgIpc) is 3.92. The number of nitrogens with one attached hydrogen (secondary N) is 2. The molecule has 0 fully saturated rings. The molecular formula is C36H39N5O4S2. The van der Waals surface area contributed by atoms with Gasteiger partial charge in [-0.15, -0.1) is 22.7 Å². The molecule has 47 heavy (non-hydrogen) atoms. The highest BCUT2D eigenvalue weighted by atomic mass is 32.1. The van der Waals surface area contributed by atoms with Gasteiger partial charge in [0.15, 0.2) is 12.4 Å². The van der Waals surface area contributed by atoms with E-state index in [2.05, 4.69) is 37.9 Å². The Morgan fingerprint density at radius 1 is 0.702 bits per heavy atom. The predicted octanol–water partition coefficient (Wildman–Crippen LogP) is 7.61. The zero-order valence-corrected chi connectivity index (χ0v) is 28.4. The van der Waals surface area contributed by atoms with E-state index in [9.17, 15) is 9.59 Å². The first-order chi connectivity index (χ1) is 22.9. The molecule has 1 amide bonds. The third-order valence-electron chi connectivity index (χ3n) is 6.60. The number of ether oxygens (including phenoxy) is 2. The second-order valence-corrected chi connectivity index (χ2v) is 12.6. The van der Waals surface area contributed by atoms with Crippen molar-refractivity contribution in [1.82, 2.24) is 20.4 Å². The lowest BCUT2D eigenvalue weighted by molar-refractivity contribution is -0.121. The lowest BCUT2D eigenvalue weighted by Gasteiger charge is -2.20. The zero-order valence-electron chi connectivity index (χ0n) is 26.7. The molecule has 0 aliphatic carbocycles. The molecule has 0 aliphatic rings. The van der Waals surface area contributed by atoms with Gasteiger partial charge < -0.3 is 9.47 Å². The number of aromatic amines is 2. The van der Waals surface area contributed by atoms with Crippen LogP contribution in [0.5, 0.6) is 11.5 Å². The molecule has 244 valence electrons. The van der Waals surface area contributed by atoms with Gasteiger partial charge in [-0.2, -0.15) is 10.2 Å². The van der Waals surface area contributed by atoms with Crippen molar-refractivity contribution >= 4 is 40.2 Å². The molecule has 0 radical (unpaired) electrons. The molecule has 4 aromatic heterocycles. The number of H-pyrrole nitrogens is 2. The normalized spacial score (nSPS) is 10.2. The fourth-order valence-electron chi connectivity index (χ4n) is 4.08. The molecule has 4 heterocycles. The van der Waals surface area contributed by atoms with Crippen LogP contribution in [0.25, 0.3) is 0 Å². The topological polar surface area (TPSA) is 113 Å². The highest BCUT2D eigenvalue weighted by Gasteiger charge is 2.18. The summed E-state index contributed by atoms with van der Waals surface area (Å²) >= 11 is 3.42. The molecule has 0 saturated carbocycles. The van der Waals surface area contributed by atoms with Crippen LogP contribution >= 0.6 is 22.7 Å². The van der Waals surface area contributed by atoms with E-state index >= 15 is 0 Å². The van der Waals surface area contributed by atoms with Crippen LogP contribution in [-0.2, 0) is 29.0 Å². The minimum absolute atomic E-state index is 0.0204. The minimum Gasteiger partial charge on any atom is -0.486 e. The molecule has 11 heteroatoms. The molecule has 0 bridgehead atoms. The lowest BCUT2D eigenvalue weighted by atomic mass is 10.2. The highest BCUT2D eigenvalue weighted by molar-refractivity contribution is 7.10. The van der Waals surface area contributed by atoms with Crippen molar-refractivity contribution in [3.63, 3.8) is 0 Å². The number of Topliss-reactive ketones (excluding diaryl/α,β-unsaturated/α-hetero) is 1. The van der Waals surface area contributed by atoms with Gasteiger partial charge in [0.2, 0.25) is 0 Å². The van der Waals surface area contributed by atoms with E-state index in [0.29, 0.717) is 18.1 Å². The maximum Gasteiger partial charge on any atom is 0.266 e. The van der Waals surface area contributed by atoms with Crippen LogP contribution < -0.4 is 14.4 Å². The highest BCUT2D eigenvalue weighted by Crippen LogP contribution is 2.19. The number of amides is 1. The van der Waals surface area contributed by atoms with Crippen molar-refractivity contribution in [3.8, 4) is 11.5 Å². The fraction of sp³-hybridized carbons (Fsp3) is 0.222. The minimum atomic E-state index is -0.122. The second kappa shape index (κ2) is 18.8. The molecule has 2 aromatic carbocycles. The van der Waals surface area contributed by atoms with Crippen molar-refractivity contribution in [1.29, 1.82) is 0 Å². The monoisotopic (exact) mass is 669 g/mol. The summed E-state index contributed by atoms with van der Waals surface area (Å²) in [5, 5.41) is 17.7. The molecule has 0 atom stereocenters. The summed E-state index contributed by atoms with van der Waals surface area (Å²) in [6.07, 6.45) is 5.59. The Morgan fingerprint density at radius 2 is 1.28 bits per heavy atom. The number of nitrogens with zero attached hydrogens (tertiary/aromatic N) is 3. The largest absolute Gasteiger partial charge is 0.486 e. The molecular weight excluding hydrogens is 631 g/mol. The number of hydrogen-bond donors (Lipinski definition) is 2. The van der Waals surface area contributed by atoms with Gasteiger partial charge in [0, 0.05) is 27.7 Å². The molecule has 9 nitrogen and oxygen atoms in total. The predicted molar refractivity (Wildman–Crippen MR) is 188 cm³/mol. The molecule has 0 spiro atoms. The summed E-state index contributed by atoms with van der Waals surface area (Å²) in [7, 11) is 0. The molecule has 6 rings (SSSR count). The molecule has 0 saturated heterocycles. The van der Waals surface area contributed by atoms with E-state index in [-0.39, 0.29) is 24.9 Å². The van der Waals surface area contributed by atoms with Crippen molar-refractivity contribution in [2.24, 2.45) is 0 Å². The number of thiophene rings is 2. The number of aromatic nitrogens is 4. The maximum absolute atomic E-state index is 12.6. The van der Waals surface area contributed by atoms with E-state index in [1.165, 1.54) is 23.1 Å². The Bertz CT molecular complexity index is 1670.